The van der Waals surface area contributed by atoms with Gasteiger partial charge in [0.25, 0.3) is 5.91 Å². The number of likely N-dealkylation sites (N-methyl/N-ethyl adjacent to an activating group) is 1. The number of hydrazine groups is 1. The second-order valence-corrected chi connectivity index (χ2v) is 7.18. The number of amides is 2. The molecule has 150 valence electrons. The zero-order valence-corrected chi connectivity index (χ0v) is 16.1. The molecule has 2 amide bonds. The number of carbonyl (C=O) groups is 2. The fourth-order valence-corrected chi connectivity index (χ4v) is 3.50. The van der Waals surface area contributed by atoms with Crippen LogP contribution < -0.4 is 16.2 Å². The summed E-state index contributed by atoms with van der Waals surface area (Å²) in [6, 6.07) is 9.80. The number of nitrogens with one attached hydrogen (secondary N) is 1. The number of hydrogen-bond acceptors (Lipinski definition) is 7. The lowest BCUT2D eigenvalue weighted by Gasteiger charge is -2.20. The van der Waals surface area contributed by atoms with Gasteiger partial charge in [0.2, 0.25) is 11.5 Å². The Bertz CT molecular complexity index is 1160. The summed E-state index contributed by atoms with van der Waals surface area (Å²) in [4.78, 5) is 29.4. The molecule has 2 aliphatic rings. The molecular formula is C21H18N6O3. The van der Waals surface area contributed by atoms with Gasteiger partial charge in [0, 0.05) is 43.4 Å². The maximum atomic E-state index is 12.1. The van der Waals surface area contributed by atoms with Crippen molar-refractivity contribution in [3.8, 4) is 17.9 Å². The number of pyridine rings is 1. The highest BCUT2D eigenvalue weighted by atomic mass is 16.3. The van der Waals surface area contributed by atoms with Crippen LogP contribution in [-0.2, 0) is 9.59 Å². The van der Waals surface area contributed by atoms with Gasteiger partial charge >= 0.3 is 0 Å². The molecule has 30 heavy (non-hydrogen) atoms. The van der Waals surface area contributed by atoms with Crippen molar-refractivity contribution >= 4 is 23.2 Å². The Balaban J connectivity index is 1.69. The predicted molar refractivity (Wildman–Crippen MR) is 107 cm³/mol. The summed E-state index contributed by atoms with van der Waals surface area (Å²) in [7, 11) is 1.62. The molecule has 3 heterocycles. The Morgan fingerprint density at radius 3 is 2.90 bits per heavy atom. The number of aromatic nitrogens is 1. The molecule has 1 fully saturated rings. The van der Waals surface area contributed by atoms with Crippen LogP contribution in [0.25, 0.3) is 0 Å². The van der Waals surface area contributed by atoms with E-state index in [-0.39, 0.29) is 12.1 Å². The van der Waals surface area contributed by atoms with Crippen LogP contribution >= 0.6 is 0 Å². The third kappa shape index (κ3) is 3.22. The maximum absolute atomic E-state index is 12.1. The second kappa shape index (κ2) is 7.16. The molecule has 1 unspecified atom stereocenters. The minimum Gasteiger partial charge on any atom is -0.369 e. The highest BCUT2D eigenvalue weighted by Gasteiger charge is 2.42. The fraction of sp³-hybridized carbons (Fsp3) is 0.238. The third-order valence-electron chi connectivity index (χ3n) is 5.15. The molecule has 2 atom stereocenters. The lowest BCUT2D eigenvalue weighted by atomic mass is 10.0. The first-order valence-electron chi connectivity index (χ1n) is 9.19. The van der Waals surface area contributed by atoms with E-state index in [1.165, 1.54) is 11.1 Å². The van der Waals surface area contributed by atoms with E-state index in [0.717, 1.165) is 0 Å². The molecule has 4 rings (SSSR count). The molecule has 4 N–H and O–H groups in total. The van der Waals surface area contributed by atoms with Gasteiger partial charge in [-0.15, -0.1) is 0 Å². The molecule has 2 aromatic rings. The van der Waals surface area contributed by atoms with Crippen molar-refractivity contribution in [3.63, 3.8) is 0 Å². The number of rotatable bonds is 2. The van der Waals surface area contributed by atoms with Crippen molar-refractivity contribution in [1.82, 2.24) is 15.3 Å². The SMILES string of the molecule is CN1CC[C@@](O)(C#Cc2cccc(N3NC(C(N)=O)c4cnc(C#N)cc43)c2)C1=O. The molecule has 0 bridgehead atoms. The van der Waals surface area contributed by atoms with Gasteiger partial charge in [-0.1, -0.05) is 17.9 Å². The van der Waals surface area contributed by atoms with Crippen molar-refractivity contribution in [2.24, 2.45) is 5.73 Å². The molecule has 1 saturated heterocycles. The van der Waals surface area contributed by atoms with Gasteiger partial charge in [-0.25, -0.2) is 10.4 Å². The number of primary amides is 1. The third-order valence-corrected chi connectivity index (χ3v) is 5.15. The van der Waals surface area contributed by atoms with Crippen molar-refractivity contribution < 1.29 is 14.7 Å². The lowest BCUT2D eigenvalue weighted by Crippen LogP contribution is -2.37. The monoisotopic (exact) mass is 402 g/mol. The average molecular weight is 402 g/mol. The molecule has 2 aliphatic heterocycles. The number of benzene rings is 1. The summed E-state index contributed by atoms with van der Waals surface area (Å²) >= 11 is 0. The van der Waals surface area contributed by atoms with Crippen LogP contribution in [0.1, 0.15) is 29.3 Å². The first-order chi connectivity index (χ1) is 14.3. The minimum atomic E-state index is -1.69. The van der Waals surface area contributed by atoms with Gasteiger partial charge in [-0.05, 0) is 18.2 Å². The molecule has 0 spiro atoms. The first kappa shape index (κ1) is 19.4. The molecule has 0 radical (unpaired) electrons. The Kier molecular flexibility index (Phi) is 4.63. The Labute approximate surface area is 172 Å². The van der Waals surface area contributed by atoms with Gasteiger partial charge < -0.3 is 15.7 Å². The Hall–Kier alpha value is -3.92. The van der Waals surface area contributed by atoms with Crippen LogP contribution in [0.2, 0.25) is 0 Å². The molecule has 0 saturated carbocycles. The predicted octanol–water partition coefficient (Wildman–Crippen LogP) is 0.0807. The topological polar surface area (TPSA) is 136 Å². The average Bonchev–Trinajstić information content (AvgIpc) is 3.26. The number of fused-ring (bicyclic) bond motifs is 1. The van der Waals surface area contributed by atoms with E-state index in [4.69, 9.17) is 11.0 Å². The van der Waals surface area contributed by atoms with Crippen LogP contribution in [0.15, 0.2) is 36.5 Å². The summed E-state index contributed by atoms with van der Waals surface area (Å²) in [5.74, 6) is 4.56. The number of nitrogens with two attached hydrogens (primary N) is 1. The van der Waals surface area contributed by atoms with Gasteiger partial charge in [-0.2, -0.15) is 5.26 Å². The van der Waals surface area contributed by atoms with E-state index in [1.54, 1.807) is 42.4 Å². The summed E-state index contributed by atoms with van der Waals surface area (Å²) < 4.78 is 0. The van der Waals surface area contributed by atoms with Gasteiger partial charge in [0.15, 0.2) is 0 Å². The van der Waals surface area contributed by atoms with Crippen LogP contribution in [0.5, 0.6) is 0 Å². The van der Waals surface area contributed by atoms with E-state index < -0.39 is 23.5 Å². The molecule has 9 heteroatoms. The van der Waals surface area contributed by atoms with Crippen molar-refractivity contribution in [1.29, 1.82) is 5.26 Å². The molecule has 0 aliphatic carbocycles. The minimum absolute atomic E-state index is 0.202. The van der Waals surface area contributed by atoms with Crippen LogP contribution in [0.3, 0.4) is 0 Å². The van der Waals surface area contributed by atoms with E-state index in [0.29, 0.717) is 29.0 Å². The van der Waals surface area contributed by atoms with Gasteiger partial charge in [0.05, 0.1) is 11.4 Å². The second-order valence-electron chi connectivity index (χ2n) is 7.18. The standard InChI is InChI=1S/C21H18N6O3/c1-26-8-7-21(30,20(26)29)6-5-13-3-2-4-15(9-13)27-17-10-14(11-22)24-12-16(17)18(25-27)19(23)28/h2-4,9-10,12,18,25,30H,7-8H2,1H3,(H2,23,28)/t18?,21-/m0/s1. The number of likely N-dealkylation sites (tertiary alicyclic amines) is 1. The largest absolute Gasteiger partial charge is 0.369 e. The first-order valence-corrected chi connectivity index (χ1v) is 9.19. The number of carbonyl (C=O) groups excluding carboxylic acids is 2. The van der Waals surface area contributed by atoms with Gasteiger partial charge in [-0.3, -0.25) is 14.6 Å². The molecule has 9 nitrogen and oxygen atoms in total. The lowest BCUT2D eigenvalue weighted by molar-refractivity contribution is -0.137. The summed E-state index contributed by atoms with van der Waals surface area (Å²) in [5, 5.41) is 21.3. The smallest absolute Gasteiger partial charge is 0.267 e. The van der Waals surface area contributed by atoms with Crippen LogP contribution in [0.4, 0.5) is 11.4 Å². The van der Waals surface area contributed by atoms with Crippen LogP contribution in [-0.4, -0.2) is 46.0 Å². The Morgan fingerprint density at radius 1 is 1.43 bits per heavy atom. The number of nitrogens with zero attached hydrogens (tertiary/aromatic N) is 4. The highest BCUT2D eigenvalue weighted by molar-refractivity contribution is 5.90. The zero-order valence-electron chi connectivity index (χ0n) is 16.1. The quantitative estimate of drug-likeness (QED) is 0.605. The van der Waals surface area contributed by atoms with Crippen molar-refractivity contribution in [2.75, 3.05) is 18.6 Å². The number of hydrogen-bond donors (Lipinski definition) is 3. The summed E-state index contributed by atoms with van der Waals surface area (Å²) in [6.07, 6.45) is 1.71. The molecule has 1 aromatic carbocycles. The zero-order chi connectivity index (χ0) is 21.5. The summed E-state index contributed by atoms with van der Waals surface area (Å²) in [6.45, 7) is 0.447. The number of anilines is 2. The highest BCUT2D eigenvalue weighted by Crippen LogP contribution is 2.37. The molecule has 1 aromatic heterocycles. The fourth-order valence-electron chi connectivity index (χ4n) is 3.50. The van der Waals surface area contributed by atoms with E-state index in [1.807, 2.05) is 6.07 Å². The van der Waals surface area contributed by atoms with E-state index in [9.17, 15) is 14.7 Å². The summed E-state index contributed by atoms with van der Waals surface area (Å²) in [5.41, 5.74) is 9.40. The molecular weight excluding hydrogens is 384 g/mol. The van der Waals surface area contributed by atoms with E-state index >= 15 is 0 Å². The van der Waals surface area contributed by atoms with Crippen molar-refractivity contribution in [2.45, 2.75) is 18.1 Å². The van der Waals surface area contributed by atoms with Crippen molar-refractivity contribution in [3.05, 3.63) is 53.3 Å². The Morgan fingerprint density at radius 2 is 2.23 bits per heavy atom. The number of aliphatic hydroxyl groups is 1. The normalized spacial score (nSPS) is 22.3. The van der Waals surface area contributed by atoms with Crippen LogP contribution in [0, 0.1) is 23.2 Å². The number of nitriles is 1. The maximum Gasteiger partial charge on any atom is 0.267 e. The van der Waals surface area contributed by atoms with E-state index in [2.05, 4.69) is 22.3 Å². The van der Waals surface area contributed by atoms with Gasteiger partial charge in [0.1, 0.15) is 17.8 Å².